The predicted octanol–water partition coefficient (Wildman–Crippen LogP) is 4.18. The summed E-state index contributed by atoms with van der Waals surface area (Å²) in [5.41, 5.74) is 2.98. The third kappa shape index (κ3) is 2.99. The van der Waals surface area contributed by atoms with Crippen molar-refractivity contribution >= 4 is 27.8 Å². The van der Waals surface area contributed by atoms with Gasteiger partial charge in [-0.05, 0) is 29.8 Å². The van der Waals surface area contributed by atoms with E-state index in [4.69, 9.17) is 9.15 Å². The van der Waals surface area contributed by atoms with Crippen molar-refractivity contribution in [1.29, 1.82) is 0 Å². The first kappa shape index (κ1) is 16.1. The van der Waals surface area contributed by atoms with Gasteiger partial charge in [0.25, 0.3) is 0 Å². The lowest BCUT2D eigenvalue weighted by atomic mass is 10.0. The molecule has 0 radical (unpaired) electrons. The van der Waals surface area contributed by atoms with E-state index in [2.05, 4.69) is 4.98 Å². The largest absolute Gasteiger partial charge is 0.426 e. The number of carbonyl (C=O) groups is 1. The van der Waals surface area contributed by atoms with E-state index < -0.39 is 5.63 Å². The summed E-state index contributed by atoms with van der Waals surface area (Å²) in [6, 6.07) is 14.6. The van der Waals surface area contributed by atoms with Crippen molar-refractivity contribution in [2.75, 3.05) is 0 Å². The normalized spacial score (nSPS) is 11.1. The maximum absolute atomic E-state index is 11.8. The summed E-state index contributed by atoms with van der Waals surface area (Å²) in [6.45, 7) is 1.75. The minimum absolute atomic E-state index is 0.286. The van der Waals surface area contributed by atoms with E-state index in [9.17, 15) is 9.59 Å². The molecule has 0 fully saturated rings. The molecule has 4 aromatic rings. The molecule has 0 amide bonds. The summed E-state index contributed by atoms with van der Waals surface area (Å²) in [4.78, 5) is 26.6. The molecule has 1 N–H and O–H groups in total. The van der Waals surface area contributed by atoms with Crippen molar-refractivity contribution in [2.24, 2.45) is 0 Å². The highest BCUT2D eigenvalue weighted by molar-refractivity contribution is 5.85. The maximum Gasteiger partial charge on any atom is 0.336 e. The van der Waals surface area contributed by atoms with Crippen molar-refractivity contribution in [3.05, 3.63) is 76.3 Å². The van der Waals surface area contributed by atoms with Crippen molar-refractivity contribution in [3.63, 3.8) is 0 Å². The van der Waals surface area contributed by atoms with E-state index in [1.807, 2.05) is 30.5 Å². The Morgan fingerprint density at radius 1 is 1.12 bits per heavy atom. The van der Waals surface area contributed by atoms with Gasteiger partial charge in [-0.1, -0.05) is 25.1 Å². The van der Waals surface area contributed by atoms with E-state index in [1.165, 1.54) is 6.07 Å². The number of hydrogen-bond donors (Lipinski definition) is 1. The highest BCUT2D eigenvalue weighted by atomic mass is 16.5. The average Bonchev–Trinajstić information content (AvgIpc) is 3.05. The fourth-order valence-electron chi connectivity index (χ4n) is 3.05. The van der Waals surface area contributed by atoms with Crippen LogP contribution in [0, 0.1) is 0 Å². The Bertz CT molecular complexity index is 1170. The zero-order valence-electron chi connectivity index (χ0n) is 14.2. The van der Waals surface area contributed by atoms with Gasteiger partial charge in [0.1, 0.15) is 11.3 Å². The SMILES string of the molecule is CCC(=O)Oc1cc2ccc(=O)oc2cc1Cc1c[nH]c2ccccc12. The molecule has 0 aliphatic carbocycles. The Morgan fingerprint density at radius 3 is 2.81 bits per heavy atom. The van der Waals surface area contributed by atoms with Crippen LogP contribution in [0.25, 0.3) is 21.9 Å². The highest BCUT2D eigenvalue weighted by Gasteiger charge is 2.14. The number of hydrogen-bond acceptors (Lipinski definition) is 4. The number of ether oxygens (including phenoxy) is 1. The second-order valence-corrected chi connectivity index (χ2v) is 6.12. The van der Waals surface area contributed by atoms with Gasteiger partial charge in [-0.25, -0.2) is 4.79 Å². The number of aromatic nitrogens is 1. The molecule has 0 aliphatic rings. The molecule has 5 nitrogen and oxygen atoms in total. The zero-order chi connectivity index (χ0) is 18.1. The van der Waals surface area contributed by atoms with Gasteiger partial charge in [0.05, 0.1) is 0 Å². The first-order valence-electron chi connectivity index (χ1n) is 8.46. The average molecular weight is 347 g/mol. The molecule has 130 valence electrons. The number of rotatable bonds is 4. The first-order chi connectivity index (χ1) is 12.6. The second kappa shape index (κ2) is 6.52. The molecule has 0 spiro atoms. The highest BCUT2D eigenvalue weighted by Crippen LogP contribution is 2.30. The van der Waals surface area contributed by atoms with Crippen LogP contribution in [0.15, 0.2) is 63.9 Å². The minimum Gasteiger partial charge on any atom is -0.426 e. The predicted molar refractivity (Wildman–Crippen MR) is 99.5 cm³/mol. The fourth-order valence-corrected chi connectivity index (χ4v) is 3.05. The zero-order valence-corrected chi connectivity index (χ0v) is 14.2. The first-order valence-corrected chi connectivity index (χ1v) is 8.46. The van der Waals surface area contributed by atoms with Crippen molar-refractivity contribution in [1.82, 2.24) is 4.98 Å². The molecule has 26 heavy (non-hydrogen) atoms. The van der Waals surface area contributed by atoms with E-state index >= 15 is 0 Å². The molecular weight excluding hydrogens is 330 g/mol. The third-order valence-corrected chi connectivity index (χ3v) is 4.37. The smallest absolute Gasteiger partial charge is 0.336 e. The van der Waals surface area contributed by atoms with Crippen LogP contribution < -0.4 is 10.4 Å². The van der Waals surface area contributed by atoms with Crippen molar-refractivity contribution in [2.45, 2.75) is 19.8 Å². The summed E-state index contributed by atoms with van der Waals surface area (Å²) in [7, 11) is 0. The molecule has 4 rings (SSSR count). The fraction of sp³-hybridized carbons (Fsp3) is 0.143. The van der Waals surface area contributed by atoms with Crippen LogP contribution in [-0.4, -0.2) is 11.0 Å². The van der Waals surface area contributed by atoms with E-state index in [0.29, 0.717) is 23.1 Å². The Labute approximate surface area is 149 Å². The second-order valence-electron chi connectivity index (χ2n) is 6.12. The quantitative estimate of drug-likeness (QED) is 0.341. The number of para-hydroxylation sites is 1. The minimum atomic E-state index is -0.408. The lowest BCUT2D eigenvalue weighted by Gasteiger charge is -2.11. The van der Waals surface area contributed by atoms with Gasteiger partial charge in [0.2, 0.25) is 0 Å². The van der Waals surface area contributed by atoms with Crippen LogP contribution in [0.5, 0.6) is 5.75 Å². The van der Waals surface area contributed by atoms with Crippen LogP contribution in [-0.2, 0) is 11.2 Å². The van der Waals surface area contributed by atoms with E-state index in [0.717, 1.165) is 22.0 Å². The number of benzene rings is 2. The van der Waals surface area contributed by atoms with Crippen LogP contribution >= 0.6 is 0 Å². The van der Waals surface area contributed by atoms with Gasteiger partial charge in [0.15, 0.2) is 0 Å². The third-order valence-electron chi connectivity index (χ3n) is 4.37. The number of nitrogens with one attached hydrogen (secondary N) is 1. The van der Waals surface area contributed by atoms with Gasteiger partial charge in [-0.15, -0.1) is 0 Å². The van der Waals surface area contributed by atoms with Crippen LogP contribution in [0.1, 0.15) is 24.5 Å². The molecule has 0 saturated carbocycles. The topological polar surface area (TPSA) is 72.3 Å². The Balaban J connectivity index is 1.84. The summed E-state index contributed by atoms with van der Waals surface area (Å²) < 4.78 is 10.8. The molecule has 0 unspecified atom stereocenters. The molecule has 2 aromatic carbocycles. The van der Waals surface area contributed by atoms with Gasteiger partial charge < -0.3 is 14.1 Å². The Hall–Kier alpha value is -3.34. The number of H-pyrrole nitrogens is 1. The number of esters is 1. The molecule has 0 atom stereocenters. The molecule has 2 heterocycles. The van der Waals surface area contributed by atoms with Crippen LogP contribution in [0.3, 0.4) is 0 Å². The summed E-state index contributed by atoms with van der Waals surface area (Å²) in [5, 5.41) is 1.82. The molecule has 0 saturated heterocycles. The van der Waals surface area contributed by atoms with Gasteiger partial charge in [0, 0.05) is 47.0 Å². The molecule has 5 heteroatoms. The van der Waals surface area contributed by atoms with Gasteiger partial charge in [-0.2, -0.15) is 0 Å². The lowest BCUT2D eigenvalue weighted by molar-refractivity contribution is -0.134. The summed E-state index contributed by atoms with van der Waals surface area (Å²) in [6.07, 6.45) is 2.78. The Kier molecular flexibility index (Phi) is 4.05. The van der Waals surface area contributed by atoms with Crippen molar-refractivity contribution < 1.29 is 13.9 Å². The summed E-state index contributed by atoms with van der Waals surface area (Å²) >= 11 is 0. The maximum atomic E-state index is 11.8. The van der Waals surface area contributed by atoms with Crippen molar-refractivity contribution in [3.8, 4) is 5.75 Å². The molecule has 0 aliphatic heterocycles. The van der Waals surface area contributed by atoms with Crippen LogP contribution in [0.4, 0.5) is 0 Å². The van der Waals surface area contributed by atoms with Gasteiger partial charge >= 0.3 is 11.6 Å². The number of fused-ring (bicyclic) bond motifs is 2. The lowest BCUT2D eigenvalue weighted by Crippen LogP contribution is -2.08. The molecule has 2 aromatic heterocycles. The molecular formula is C21H17NO4. The molecule has 0 bridgehead atoms. The van der Waals surface area contributed by atoms with Gasteiger partial charge in [-0.3, -0.25) is 4.79 Å². The standard InChI is InChI=1S/C21H17NO4/c1-2-20(23)25-19-10-13-7-8-21(24)26-18(13)11-14(19)9-15-12-22-17-6-4-3-5-16(15)17/h3-8,10-12,22H,2,9H2,1H3. The number of aromatic amines is 1. The number of carbonyl (C=O) groups excluding carboxylic acids is 1. The Morgan fingerprint density at radius 2 is 1.96 bits per heavy atom. The van der Waals surface area contributed by atoms with Crippen LogP contribution in [0.2, 0.25) is 0 Å². The van der Waals surface area contributed by atoms with E-state index in [1.54, 1.807) is 25.1 Å². The van der Waals surface area contributed by atoms with E-state index in [-0.39, 0.29) is 12.4 Å². The summed E-state index contributed by atoms with van der Waals surface area (Å²) in [5.74, 6) is 0.186. The monoisotopic (exact) mass is 347 g/mol.